The number of benzene rings is 1. The van der Waals surface area contributed by atoms with Crippen molar-refractivity contribution < 1.29 is 9.84 Å². The van der Waals surface area contributed by atoms with Gasteiger partial charge in [-0.05, 0) is 48.7 Å². The van der Waals surface area contributed by atoms with Crippen molar-refractivity contribution in [3.05, 3.63) is 41.0 Å². The molecule has 1 unspecified atom stereocenters. The third kappa shape index (κ3) is 2.49. The molecule has 5 nitrogen and oxygen atoms in total. The maximum absolute atomic E-state index is 9.54. The van der Waals surface area contributed by atoms with Crippen LogP contribution in [0.2, 0.25) is 0 Å². The van der Waals surface area contributed by atoms with Gasteiger partial charge in [-0.3, -0.25) is 0 Å². The third-order valence-electron chi connectivity index (χ3n) is 4.05. The second-order valence-corrected chi connectivity index (χ2v) is 5.53. The molecule has 1 aromatic heterocycles. The average Bonchev–Trinajstić information content (AvgIpc) is 3.00. The molecule has 5 heteroatoms. The highest BCUT2D eigenvalue weighted by molar-refractivity contribution is 5.70. The van der Waals surface area contributed by atoms with E-state index in [-0.39, 0.29) is 17.5 Å². The summed E-state index contributed by atoms with van der Waals surface area (Å²) >= 11 is 0. The molecule has 2 aromatic rings. The maximum Gasteiger partial charge on any atom is 0.142 e. The molecule has 2 heterocycles. The van der Waals surface area contributed by atoms with Gasteiger partial charge in [0.05, 0.1) is 17.9 Å². The molecule has 22 heavy (non-hydrogen) atoms. The number of hydrogen-bond donors (Lipinski definition) is 2. The summed E-state index contributed by atoms with van der Waals surface area (Å²) < 4.78 is 5.43. The van der Waals surface area contributed by atoms with Gasteiger partial charge in [0.1, 0.15) is 17.6 Å². The zero-order valence-electron chi connectivity index (χ0n) is 12.3. The van der Waals surface area contributed by atoms with Crippen molar-refractivity contribution in [2.45, 2.75) is 19.3 Å². The Labute approximate surface area is 129 Å². The lowest BCUT2D eigenvalue weighted by Crippen LogP contribution is -2.07. The monoisotopic (exact) mass is 295 g/mol. The number of aryl methyl sites for hydroxylation is 1. The Morgan fingerprint density at radius 1 is 1.41 bits per heavy atom. The smallest absolute Gasteiger partial charge is 0.142 e. The van der Waals surface area contributed by atoms with Crippen LogP contribution in [0, 0.1) is 18.3 Å². The molecule has 3 N–H and O–H groups in total. The van der Waals surface area contributed by atoms with Gasteiger partial charge in [-0.15, -0.1) is 0 Å². The van der Waals surface area contributed by atoms with Crippen molar-refractivity contribution >= 4 is 5.82 Å². The molecule has 112 valence electrons. The molecule has 0 aliphatic carbocycles. The first kappa shape index (κ1) is 14.4. The van der Waals surface area contributed by atoms with Crippen LogP contribution in [0.1, 0.15) is 29.0 Å². The Balaban J connectivity index is 2.15. The average molecular weight is 295 g/mol. The van der Waals surface area contributed by atoms with E-state index in [0.717, 1.165) is 28.8 Å². The normalized spacial score (nSPS) is 17.4. The van der Waals surface area contributed by atoms with Gasteiger partial charge in [0.25, 0.3) is 0 Å². The number of hydrogen-bond acceptors (Lipinski definition) is 5. The van der Waals surface area contributed by atoms with E-state index in [2.05, 4.69) is 11.1 Å². The summed E-state index contributed by atoms with van der Waals surface area (Å²) in [5, 5.41) is 18.9. The van der Waals surface area contributed by atoms with Crippen LogP contribution in [0.3, 0.4) is 0 Å². The highest BCUT2D eigenvalue weighted by atomic mass is 16.5. The van der Waals surface area contributed by atoms with Crippen LogP contribution in [-0.2, 0) is 4.74 Å². The van der Waals surface area contributed by atoms with Crippen molar-refractivity contribution in [2.24, 2.45) is 0 Å². The number of aromatic nitrogens is 1. The topological polar surface area (TPSA) is 92.2 Å². The Hall–Kier alpha value is -2.58. The van der Waals surface area contributed by atoms with E-state index in [1.54, 1.807) is 12.1 Å². The second-order valence-electron chi connectivity index (χ2n) is 5.53. The van der Waals surface area contributed by atoms with E-state index in [9.17, 15) is 10.4 Å². The molecule has 1 saturated heterocycles. The number of nitrogen functional groups attached to an aromatic ring is 1. The van der Waals surface area contributed by atoms with E-state index in [4.69, 9.17) is 10.5 Å². The van der Waals surface area contributed by atoms with Crippen LogP contribution >= 0.6 is 0 Å². The van der Waals surface area contributed by atoms with Gasteiger partial charge in [-0.2, -0.15) is 5.26 Å². The summed E-state index contributed by atoms with van der Waals surface area (Å²) in [7, 11) is 0. The maximum atomic E-state index is 9.54. The van der Waals surface area contributed by atoms with Gasteiger partial charge < -0.3 is 15.6 Å². The SMILES string of the molecule is Cc1cc(O)ccc1-c1cc(C2CCOC2)c(C#N)c(N)n1. The molecule has 3 rings (SSSR count). The van der Waals surface area contributed by atoms with Gasteiger partial charge in [0.2, 0.25) is 0 Å². The van der Waals surface area contributed by atoms with Crippen molar-refractivity contribution in [3.63, 3.8) is 0 Å². The van der Waals surface area contributed by atoms with Gasteiger partial charge in [-0.1, -0.05) is 0 Å². The molecule has 1 atom stereocenters. The quantitative estimate of drug-likeness (QED) is 0.888. The Kier molecular flexibility index (Phi) is 3.70. The van der Waals surface area contributed by atoms with Crippen LogP contribution in [0.25, 0.3) is 11.3 Å². The standard InChI is InChI=1S/C17H17N3O2/c1-10-6-12(21)2-3-13(10)16-7-14(11-4-5-22-9-11)15(8-18)17(19)20-16/h2-3,6-7,11,21H,4-5,9H2,1H3,(H2,19,20). The summed E-state index contributed by atoms with van der Waals surface area (Å²) in [6, 6.07) is 9.20. The molecule has 0 saturated carbocycles. The summed E-state index contributed by atoms with van der Waals surface area (Å²) in [5.41, 5.74) is 9.86. The highest BCUT2D eigenvalue weighted by Crippen LogP contribution is 2.34. The van der Waals surface area contributed by atoms with Gasteiger partial charge in [0, 0.05) is 18.1 Å². The lowest BCUT2D eigenvalue weighted by Gasteiger charge is -2.15. The van der Waals surface area contributed by atoms with Crippen LogP contribution < -0.4 is 5.73 Å². The van der Waals surface area contributed by atoms with Crippen molar-refractivity contribution in [3.8, 4) is 23.1 Å². The first-order valence-corrected chi connectivity index (χ1v) is 7.18. The van der Waals surface area contributed by atoms with Crippen LogP contribution in [-0.4, -0.2) is 23.3 Å². The summed E-state index contributed by atoms with van der Waals surface area (Å²) in [6.07, 6.45) is 0.881. The van der Waals surface area contributed by atoms with Gasteiger partial charge >= 0.3 is 0 Å². The summed E-state index contributed by atoms with van der Waals surface area (Å²) in [6.45, 7) is 3.21. The number of ether oxygens (including phenoxy) is 1. The number of aromatic hydroxyl groups is 1. The van der Waals surface area contributed by atoms with Crippen molar-refractivity contribution in [1.29, 1.82) is 5.26 Å². The molecular formula is C17H17N3O2. The Bertz CT molecular complexity index is 759. The second kappa shape index (κ2) is 5.66. The molecule has 1 fully saturated rings. The van der Waals surface area contributed by atoms with Crippen LogP contribution in [0.15, 0.2) is 24.3 Å². The number of anilines is 1. The summed E-state index contributed by atoms with van der Waals surface area (Å²) in [4.78, 5) is 4.37. The molecule has 1 aliphatic rings. The lowest BCUT2D eigenvalue weighted by atomic mass is 9.92. The number of nitriles is 1. The molecule has 0 bridgehead atoms. The minimum atomic E-state index is 0.177. The van der Waals surface area contributed by atoms with Crippen molar-refractivity contribution in [2.75, 3.05) is 18.9 Å². The first-order valence-electron chi connectivity index (χ1n) is 7.18. The van der Waals surface area contributed by atoms with E-state index < -0.39 is 0 Å². The fourth-order valence-corrected chi connectivity index (χ4v) is 2.88. The number of nitrogens with zero attached hydrogens (tertiary/aromatic N) is 2. The minimum absolute atomic E-state index is 0.177. The Morgan fingerprint density at radius 2 is 2.23 bits per heavy atom. The molecular weight excluding hydrogens is 278 g/mol. The molecule has 1 aromatic carbocycles. The number of phenols is 1. The van der Waals surface area contributed by atoms with Crippen LogP contribution in [0.5, 0.6) is 5.75 Å². The molecule has 0 amide bonds. The van der Waals surface area contributed by atoms with E-state index in [1.165, 1.54) is 0 Å². The van der Waals surface area contributed by atoms with Gasteiger partial charge in [-0.25, -0.2) is 4.98 Å². The van der Waals surface area contributed by atoms with Crippen LogP contribution in [0.4, 0.5) is 5.82 Å². The lowest BCUT2D eigenvalue weighted by molar-refractivity contribution is 0.194. The molecule has 1 aliphatic heterocycles. The van der Waals surface area contributed by atoms with Crippen molar-refractivity contribution in [1.82, 2.24) is 4.98 Å². The number of pyridine rings is 1. The highest BCUT2D eigenvalue weighted by Gasteiger charge is 2.24. The van der Waals surface area contributed by atoms with Gasteiger partial charge in [0.15, 0.2) is 0 Å². The summed E-state index contributed by atoms with van der Waals surface area (Å²) in [5.74, 6) is 0.637. The largest absolute Gasteiger partial charge is 0.508 e. The third-order valence-corrected chi connectivity index (χ3v) is 4.05. The number of nitrogens with two attached hydrogens (primary N) is 1. The van der Waals surface area contributed by atoms with E-state index in [0.29, 0.717) is 18.8 Å². The fourth-order valence-electron chi connectivity index (χ4n) is 2.88. The predicted octanol–water partition coefficient (Wildman–Crippen LogP) is 2.72. The molecule has 0 radical (unpaired) electrons. The molecule has 0 spiro atoms. The number of rotatable bonds is 2. The van der Waals surface area contributed by atoms with E-state index in [1.807, 2.05) is 19.1 Å². The first-order chi connectivity index (χ1) is 10.6. The number of phenolic OH excluding ortho intramolecular Hbond substituents is 1. The zero-order chi connectivity index (χ0) is 15.7. The minimum Gasteiger partial charge on any atom is -0.508 e. The Morgan fingerprint density at radius 3 is 2.86 bits per heavy atom. The fraction of sp³-hybridized carbons (Fsp3) is 0.294. The zero-order valence-corrected chi connectivity index (χ0v) is 12.3. The van der Waals surface area contributed by atoms with E-state index >= 15 is 0 Å². The predicted molar refractivity (Wildman–Crippen MR) is 83.4 cm³/mol.